The highest BCUT2D eigenvalue weighted by Crippen LogP contribution is 2.64. The second kappa shape index (κ2) is 5.90. The standard InChI is InChI=1S/C21H19Cl2NO2/c22-14-8-15(23)19-16(9-14)24-20(10-1-3-11(4-2-10)21(25)26)18-13-6-5-12(7-13)17(18)19/h1-4,8-9,12-13,17-18,20,24H,5-7H2,(H,25,26)/t12-,13-,17-,18+,20-/m0/s1. The summed E-state index contributed by atoms with van der Waals surface area (Å²) in [6.07, 6.45) is 3.81. The van der Waals surface area contributed by atoms with Gasteiger partial charge in [0.25, 0.3) is 0 Å². The van der Waals surface area contributed by atoms with Crippen molar-refractivity contribution in [1.29, 1.82) is 0 Å². The Hall–Kier alpha value is -1.71. The number of benzene rings is 2. The van der Waals surface area contributed by atoms with Crippen molar-refractivity contribution in [2.75, 3.05) is 5.32 Å². The quantitative estimate of drug-likeness (QED) is 0.665. The number of carbonyl (C=O) groups is 1. The molecule has 1 aliphatic heterocycles. The van der Waals surface area contributed by atoms with Gasteiger partial charge in [0.05, 0.1) is 11.6 Å². The Morgan fingerprint density at radius 1 is 1.08 bits per heavy atom. The minimum absolute atomic E-state index is 0.167. The normalized spacial score (nSPS) is 31.2. The fourth-order valence-electron chi connectivity index (χ4n) is 5.69. The van der Waals surface area contributed by atoms with Gasteiger partial charge in [-0.3, -0.25) is 0 Å². The molecule has 2 aromatic carbocycles. The number of fused-ring (bicyclic) bond motifs is 7. The topological polar surface area (TPSA) is 49.3 Å². The number of carboxylic acids is 1. The van der Waals surface area contributed by atoms with Gasteiger partial charge in [-0.05, 0) is 78.3 Å². The second-order valence-corrected chi connectivity index (χ2v) is 8.68. The molecule has 3 aliphatic rings. The fourth-order valence-corrected chi connectivity index (χ4v) is 6.31. The maximum absolute atomic E-state index is 11.2. The smallest absolute Gasteiger partial charge is 0.335 e. The molecule has 0 amide bonds. The van der Waals surface area contributed by atoms with Crippen molar-refractivity contribution >= 4 is 34.9 Å². The van der Waals surface area contributed by atoms with Gasteiger partial charge < -0.3 is 10.4 Å². The lowest BCUT2D eigenvalue weighted by Gasteiger charge is -2.44. The Balaban J connectivity index is 1.61. The Labute approximate surface area is 162 Å². The predicted octanol–water partition coefficient (Wildman–Crippen LogP) is 5.99. The van der Waals surface area contributed by atoms with E-state index < -0.39 is 5.97 Å². The molecule has 1 heterocycles. The molecule has 2 saturated carbocycles. The number of carboxylic acid groups (broad SMARTS) is 1. The summed E-state index contributed by atoms with van der Waals surface area (Å²) in [4.78, 5) is 11.2. The summed E-state index contributed by atoms with van der Waals surface area (Å²) in [7, 11) is 0. The van der Waals surface area contributed by atoms with Crippen LogP contribution in [0.3, 0.4) is 0 Å². The van der Waals surface area contributed by atoms with Crippen molar-refractivity contribution in [2.45, 2.75) is 31.2 Å². The van der Waals surface area contributed by atoms with Gasteiger partial charge in [0.15, 0.2) is 0 Å². The van der Waals surface area contributed by atoms with Crippen LogP contribution >= 0.6 is 23.2 Å². The summed E-state index contributed by atoms with van der Waals surface area (Å²) >= 11 is 12.9. The first-order valence-electron chi connectivity index (χ1n) is 9.11. The van der Waals surface area contributed by atoms with Gasteiger partial charge >= 0.3 is 5.97 Å². The average Bonchev–Trinajstić information content (AvgIpc) is 3.22. The minimum atomic E-state index is -0.894. The van der Waals surface area contributed by atoms with Crippen molar-refractivity contribution in [3.8, 4) is 0 Å². The van der Waals surface area contributed by atoms with Crippen molar-refractivity contribution in [3.05, 3.63) is 63.1 Å². The van der Waals surface area contributed by atoms with E-state index in [0.717, 1.165) is 16.3 Å². The molecule has 5 rings (SSSR count). The lowest BCUT2D eigenvalue weighted by Crippen LogP contribution is -2.35. The molecule has 0 saturated heterocycles. The molecule has 2 aromatic rings. The van der Waals surface area contributed by atoms with E-state index in [2.05, 4.69) is 5.32 Å². The Morgan fingerprint density at radius 3 is 2.54 bits per heavy atom. The van der Waals surface area contributed by atoms with Crippen LogP contribution in [0.2, 0.25) is 10.0 Å². The van der Waals surface area contributed by atoms with Crippen LogP contribution in [0.1, 0.15) is 52.7 Å². The Bertz CT molecular complexity index is 896. The van der Waals surface area contributed by atoms with E-state index >= 15 is 0 Å². The molecule has 0 spiro atoms. The molecule has 26 heavy (non-hydrogen) atoms. The molecule has 5 heteroatoms. The van der Waals surface area contributed by atoms with Crippen molar-refractivity contribution in [2.24, 2.45) is 17.8 Å². The Morgan fingerprint density at radius 2 is 1.81 bits per heavy atom. The van der Waals surface area contributed by atoms with Gasteiger partial charge in [0.2, 0.25) is 0 Å². The average molecular weight is 388 g/mol. The lowest BCUT2D eigenvalue weighted by atomic mass is 9.68. The Kier molecular flexibility index (Phi) is 3.74. The van der Waals surface area contributed by atoms with Gasteiger partial charge in [0.1, 0.15) is 0 Å². The van der Waals surface area contributed by atoms with Crippen LogP contribution < -0.4 is 5.32 Å². The molecule has 0 aromatic heterocycles. The molecular formula is C21H19Cl2NO2. The fraction of sp³-hybridized carbons (Fsp3) is 0.381. The summed E-state index contributed by atoms with van der Waals surface area (Å²) in [5.41, 5.74) is 3.72. The van der Waals surface area contributed by atoms with Gasteiger partial charge in [-0.15, -0.1) is 0 Å². The summed E-state index contributed by atoms with van der Waals surface area (Å²) in [5.74, 6) is 1.44. The van der Waals surface area contributed by atoms with Gasteiger partial charge in [-0.25, -0.2) is 4.79 Å². The van der Waals surface area contributed by atoms with Crippen molar-refractivity contribution in [1.82, 2.24) is 0 Å². The van der Waals surface area contributed by atoms with Crippen LogP contribution in [0.5, 0.6) is 0 Å². The highest BCUT2D eigenvalue weighted by molar-refractivity contribution is 6.35. The van der Waals surface area contributed by atoms with Gasteiger partial charge in [0, 0.05) is 15.7 Å². The van der Waals surface area contributed by atoms with Crippen LogP contribution in [0, 0.1) is 17.8 Å². The minimum Gasteiger partial charge on any atom is -0.478 e. The molecule has 2 aliphatic carbocycles. The number of rotatable bonds is 2. The van der Waals surface area contributed by atoms with E-state index in [-0.39, 0.29) is 6.04 Å². The summed E-state index contributed by atoms with van der Waals surface area (Å²) < 4.78 is 0. The molecule has 2 bridgehead atoms. The summed E-state index contributed by atoms with van der Waals surface area (Å²) in [6, 6.07) is 11.3. The van der Waals surface area contributed by atoms with Crippen LogP contribution in [0.25, 0.3) is 0 Å². The highest BCUT2D eigenvalue weighted by atomic mass is 35.5. The third kappa shape index (κ3) is 2.37. The number of hydrogen-bond acceptors (Lipinski definition) is 2. The molecule has 3 nitrogen and oxygen atoms in total. The number of nitrogens with one attached hydrogen (secondary N) is 1. The van der Waals surface area contributed by atoms with E-state index in [4.69, 9.17) is 28.3 Å². The number of hydrogen-bond donors (Lipinski definition) is 2. The van der Waals surface area contributed by atoms with Crippen LogP contribution in [0.4, 0.5) is 5.69 Å². The molecule has 0 unspecified atom stereocenters. The number of aromatic carboxylic acids is 1. The monoisotopic (exact) mass is 387 g/mol. The SMILES string of the molecule is O=C(O)c1ccc([C@@H]2Nc3cc(Cl)cc(Cl)c3[C@H]3[C@H]4CC[C@@H](C4)[C@H]32)cc1. The highest BCUT2D eigenvalue weighted by Gasteiger charge is 2.54. The molecule has 0 radical (unpaired) electrons. The van der Waals surface area contributed by atoms with Gasteiger partial charge in [-0.1, -0.05) is 35.3 Å². The van der Waals surface area contributed by atoms with Gasteiger partial charge in [-0.2, -0.15) is 0 Å². The zero-order valence-electron chi connectivity index (χ0n) is 14.1. The van der Waals surface area contributed by atoms with Crippen LogP contribution in [-0.2, 0) is 0 Å². The molecule has 134 valence electrons. The lowest BCUT2D eigenvalue weighted by molar-refractivity contribution is 0.0697. The van der Waals surface area contributed by atoms with Crippen molar-refractivity contribution < 1.29 is 9.90 Å². The summed E-state index contributed by atoms with van der Waals surface area (Å²) in [6.45, 7) is 0. The maximum Gasteiger partial charge on any atom is 0.335 e. The third-order valence-electron chi connectivity index (χ3n) is 6.62. The zero-order valence-corrected chi connectivity index (χ0v) is 15.6. The van der Waals surface area contributed by atoms with E-state index in [1.54, 1.807) is 12.1 Å². The van der Waals surface area contributed by atoms with E-state index in [9.17, 15) is 4.79 Å². The zero-order chi connectivity index (χ0) is 18.0. The van der Waals surface area contributed by atoms with Crippen molar-refractivity contribution in [3.63, 3.8) is 0 Å². The second-order valence-electron chi connectivity index (χ2n) is 7.83. The van der Waals surface area contributed by atoms with E-state index in [1.165, 1.54) is 24.8 Å². The molecule has 2 fully saturated rings. The van der Waals surface area contributed by atoms with E-state index in [1.807, 2.05) is 24.3 Å². The van der Waals surface area contributed by atoms with Crippen LogP contribution in [0.15, 0.2) is 36.4 Å². The first-order chi connectivity index (χ1) is 12.5. The first kappa shape index (κ1) is 16.5. The molecule has 5 atom stereocenters. The van der Waals surface area contributed by atoms with Crippen LogP contribution in [-0.4, -0.2) is 11.1 Å². The third-order valence-corrected chi connectivity index (χ3v) is 7.15. The predicted molar refractivity (Wildman–Crippen MR) is 103 cm³/mol. The summed E-state index contributed by atoms with van der Waals surface area (Å²) in [5, 5.41) is 14.3. The molecular weight excluding hydrogens is 369 g/mol. The van der Waals surface area contributed by atoms with E-state index in [0.29, 0.717) is 34.3 Å². The molecule has 2 N–H and O–H groups in total. The maximum atomic E-state index is 11.2. The first-order valence-corrected chi connectivity index (χ1v) is 9.87. The largest absolute Gasteiger partial charge is 0.478 e. The number of halogens is 2. The number of anilines is 1.